The molecule has 4 heteroatoms. The second-order valence-corrected chi connectivity index (χ2v) is 2.24. The van der Waals surface area contributed by atoms with Gasteiger partial charge in [0.1, 0.15) is 5.82 Å². The van der Waals surface area contributed by atoms with Gasteiger partial charge in [0.2, 0.25) is 0 Å². The molecule has 0 atom stereocenters. The number of rotatable bonds is 3. The van der Waals surface area contributed by atoms with Gasteiger partial charge in [0, 0.05) is 25.0 Å². The largest absolute Gasteiger partial charge is 0.478 e. The number of carboxylic acids is 1. The predicted octanol–water partition coefficient (Wildman–Crippen LogP) is 1.00. The molecular weight excluding hydrogens is 156 g/mol. The van der Waals surface area contributed by atoms with E-state index in [1.54, 1.807) is 6.20 Å². The first-order valence-electron chi connectivity index (χ1n) is 3.66. The van der Waals surface area contributed by atoms with Crippen molar-refractivity contribution in [2.24, 2.45) is 0 Å². The summed E-state index contributed by atoms with van der Waals surface area (Å²) in [5.74, 6) is -0.291. The Bertz CT molecular complexity index is 302. The average molecular weight is 166 g/mol. The normalized spacial score (nSPS) is 10.8. The minimum absolute atomic E-state index is 0.667. The number of nitrogens with zero attached hydrogens (tertiary/aromatic N) is 2. The number of imidazole rings is 1. The second kappa shape index (κ2) is 3.71. The quantitative estimate of drug-likeness (QED) is 0.681. The van der Waals surface area contributed by atoms with Gasteiger partial charge in [0.25, 0.3) is 0 Å². The molecule has 1 N–H and O–H groups in total. The van der Waals surface area contributed by atoms with E-state index in [1.165, 1.54) is 6.08 Å². The zero-order chi connectivity index (χ0) is 8.97. The highest BCUT2D eigenvalue weighted by atomic mass is 16.4. The van der Waals surface area contributed by atoms with Crippen LogP contribution in [0.25, 0.3) is 6.08 Å². The molecule has 1 aromatic heterocycles. The topological polar surface area (TPSA) is 55.1 Å². The molecule has 0 fully saturated rings. The smallest absolute Gasteiger partial charge is 0.328 e. The van der Waals surface area contributed by atoms with Crippen molar-refractivity contribution in [1.82, 2.24) is 9.55 Å². The molecule has 64 valence electrons. The van der Waals surface area contributed by atoms with Gasteiger partial charge in [0.05, 0.1) is 0 Å². The maximum Gasteiger partial charge on any atom is 0.328 e. The summed E-state index contributed by atoms with van der Waals surface area (Å²) in [7, 11) is 0. The number of hydrogen-bond acceptors (Lipinski definition) is 2. The highest BCUT2D eigenvalue weighted by molar-refractivity contribution is 5.84. The summed E-state index contributed by atoms with van der Waals surface area (Å²) >= 11 is 0. The van der Waals surface area contributed by atoms with E-state index in [1.807, 2.05) is 17.7 Å². The lowest BCUT2D eigenvalue weighted by molar-refractivity contribution is -0.131. The minimum Gasteiger partial charge on any atom is -0.478 e. The van der Waals surface area contributed by atoms with Crippen molar-refractivity contribution < 1.29 is 9.90 Å². The monoisotopic (exact) mass is 166 g/mol. The van der Waals surface area contributed by atoms with E-state index in [-0.39, 0.29) is 0 Å². The Labute approximate surface area is 70.2 Å². The van der Waals surface area contributed by atoms with Gasteiger partial charge in [-0.3, -0.25) is 0 Å². The van der Waals surface area contributed by atoms with Crippen LogP contribution in [0.2, 0.25) is 0 Å². The lowest BCUT2D eigenvalue weighted by atomic mass is 10.4. The van der Waals surface area contributed by atoms with Crippen LogP contribution in [0, 0.1) is 0 Å². The molecule has 12 heavy (non-hydrogen) atoms. The average Bonchev–Trinajstić information content (AvgIpc) is 2.47. The van der Waals surface area contributed by atoms with Crippen LogP contribution >= 0.6 is 0 Å². The molecule has 1 rings (SSSR count). The summed E-state index contributed by atoms with van der Waals surface area (Å²) in [5, 5.41) is 8.35. The van der Waals surface area contributed by atoms with E-state index in [9.17, 15) is 4.79 Å². The van der Waals surface area contributed by atoms with Gasteiger partial charge >= 0.3 is 5.97 Å². The number of carboxylic acid groups (broad SMARTS) is 1. The summed E-state index contributed by atoms with van der Waals surface area (Å²) in [6.07, 6.45) is 6.01. The van der Waals surface area contributed by atoms with Crippen LogP contribution in [0.3, 0.4) is 0 Å². The van der Waals surface area contributed by atoms with Crippen molar-refractivity contribution in [2.75, 3.05) is 0 Å². The van der Waals surface area contributed by atoms with E-state index in [2.05, 4.69) is 4.98 Å². The van der Waals surface area contributed by atoms with Crippen molar-refractivity contribution >= 4 is 12.0 Å². The summed E-state index contributed by atoms with van der Waals surface area (Å²) in [4.78, 5) is 14.1. The predicted molar refractivity (Wildman–Crippen MR) is 44.6 cm³/mol. The van der Waals surface area contributed by atoms with Crippen LogP contribution in [0.15, 0.2) is 18.5 Å². The third kappa shape index (κ3) is 1.95. The summed E-state index contributed by atoms with van der Waals surface area (Å²) in [6, 6.07) is 0. The molecule has 0 radical (unpaired) electrons. The molecule has 0 saturated carbocycles. The first-order valence-corrected chi connectivity index (χ1v) is 3.66. The van der Waals surface area contributed by atoms with Crippen LogP contribution < -0.4 is 0 Å². The number of aromatic nitrogens is 2. The molecular formula is C8H10N2O2. The van der Waals surface area contributed by atoms with Gasteiger partial charge in [-0.25, -0.2) is 9.78 Å². The van der Waals surface area contributed by atoms with Crippen molar-refractivity contribution in [3.63, 3.8) is 0 Å². The van der Waals surface area contributed by atoms with Crippen LogP contribution in [-0.2, 0) is 11.3 Å². The summed E-state index contributed by atoms with van der Waals surface area (Å²) in [5.41, 5.74) is 0. The Morgan fingerprint density at radius 2 is 2.58 bits per heavy atom. The number of carbonyl (C=O) groups is 1. The first kappa shape index (κ1) is 8.52. The Morgan fingerprint density at radius 1 is 1.83 bits per heavy atom. The van der Waals surface area contributed by atoms with Crippen LogP contribution in [0.5, 0.6) is 0 Å². The van der Waals surface area contributed by atoms with Gasteiger partial charge in [-0.05, 0) is 13.0 Å². The summed E-state index contributed by atoms with van der Waals surface area (Å²) < 4.78 is 1.86. The van der Waals surface area contributed by atoms with Crippen LogP contribution in [0.1, 0.15) is 12.7 Å². The molecule has 0 aliphatic carbocycles. The van der Waals surface area contributed by atoms with E-state index < -0.39 is 5.97 Å². The van der Waals surface area contributed by atoms with E-state index >= 15 is 0 Å². The maximum absolute atomic E-state index is 10.2. The Kier molecular flexibility index (Phi) is 2.63. The molecule has 4 nitrogen and oxygen atoms in total. The molecule has 0 aliphatic rings. The first-order chi connectivity index (χ1) is 5.74. The van der Waals surface area contributed by atoms with Gasteiger partial charge < -0.3 is 9.67 Å². The van der Waals surface area contributed by atoms with E-state index in [0.717, 1.165) is 12.6 Å². The van der Waals surface area contributed by atoms with Gasteiger partial charge in [-0.15, -0.1) is 0 Å². The third-order valence-corrected chi connectivity index (χ3v) is 1.46. The minimum atomic E-state index is -0.958. The highest BCUT2D eigenvalue weighted by Gasteiger charge is 1.95. The standard InChI is InChI=1S/C8H10N2O2/c1-2-10-6-5-9-7(10)3-4-8(11)12/h3-6H,2H2,1H3,(H,11,12)/b4-3-. The van der Waals surface area contributed by atoms with E-state index in [4.69, 9.17) is 5.11 Å². The molecule has 1 heterocycles. The van der Waals surface area contributed by atoms with Crippen molar-refractivity contribution in [1.29, 1.82) is 0 Å². The molecule has 0 bridgehead atoms. The van der Waals surface area contributed by atoms with Crippen molar-refractivity contribution in [3.8, 4) is 0 Å². The summed E-state index contributed by atoms with van der Waals surface area (Å²) in [6.45, 7) is 2.76. The molecule has 0 saturated heterocycles. The fourth-order valence-electron chi connectivity index (χ4n) is 0.893. The Hall–Kier alpha value is -1.58. The van der Waals surface area contributed by atoms with Gasteiger partial charge in [0.15, 0.2) is 0 Å². The Morgan fingerprint density at radius 3 is 3.17 bits per heavy atom. The van der Waals surface area contributed by atoms with Crippen LogP contribution in [-0.4, -0.2) is 20.6 Å². The second-order valence-electron chi connectivity index (χ2n) is 2.24. The molecule has 0 spiro atoms. The molecule has 0 amide bonds. The zero-order valence-electron chi connectivity index (χ0n) is 6.77. The molecule has 0 unspecified atom stereocenters. The SMILES string of the molecule is CCn1ccnc1/C=C\C(=O)O. The molecule has 0 aromatic carbocycles. The van der Waals surface area contributed by atoms with Crippen LogP contribution in [0.4, 0.5) is 0 Å². The lowest BCUT2D eigenvalue weighted by Crippen LogP contribution is -1.96. The van der Waals surface area contributed by atoms with Gasteiger partial charge in [-0.2, -0.15) is 0 Å². The van der Waals surface area contributed by atoms with Crippen molar-refractivity contribution in [2.45, 2.75) is 13.5 Å². The van der Waals surface area contributed by atoms with E-state index in [0.29, 0.717) is 5.82 Å². The fourth-order valence-corrected chi connectivity index (χ4v) is 0.893. The number of aryl methyl sites for hydroxylation is 1. The molecule has 1 aromatic rings. The third-order valence-electron chi connectivity index (χ3n) is 1.46. The maximum atomic E-state index is 10.2. The number of hydrogen-bond donors (Lipinski definition) is 1. The Balaban J connectivity index is 2.81. The highest BCUT2D eigenvalue weighted by Crippen LogP contribution is 1.99. The number of aliphatic carboxylic acids is 1. The fraction of sp³-hybridized carbons (Fsp3) is 0.250. The van der Waals surface area contributed by atoms with Crippen molar-refractivity contribution in [3.05, 3.63) is 24.3 Å². The molecule has 0 aliphatic heterocycles. The zero-order valence-corrected chi connectivity index (χ0v) is 6.77. The van der Waals surface area contributed by atoms with Gasteiger partial charge in [-0.1, -0.05) is 0 Å². The lowest BCUT2D eigenvalue weighted by Gasteiger charge is -1.97.